The van der Waals surface area contributed by atoms with Crippen molar-refractivity contribution < 1.29 is 22.3 Å². The Labute approximate surface area is 114 Å². The zero-order valence-corrected chi connectivity index (χ0v) is 10.8. The molecule has 0 amide bonds. The van der Waals surface area contributed by atoms with Gasteiger partial charge in [0.2, 0.25) is 0 Å². The highest BCUT2D eigenvalue weighted by Crippen LogP contribution is 2.23. The van der Waals surface area contributed by atoms with Gasteiger partial charge in [0.15, 0.2) is 0 Å². The van der Waals surface area contributed by atoms with Gasteiger partial charge in [-0.15, -0.1) is 13.2 Å². The molecule has 0 bridgehead atoms. The fourth-order valence-electron chi connectivity index (χ4n) is 1.72. The first-order valence-electron chi connectivity index (χ1n) is 6.05. The summed E-state index contributed by atoms with van der Waals surface area (Å²) in [5, 5.41) is 3.21. The van der Waals surface area contributed by atoms with Gasteiger partial charge in [0.25, 0.3) is 0 Å². The molecule has 0 aliphatic heterocycles. The van der Waals surface area contributed by atoms with Crippen molar-refractivity contribution in [2.24, 2.45) is 0 Å². The van der Waals surface area contributed by atoms with Gasteiger partial charge in [-0.25, -0.2) is 0 Å². The first-order chi connectivity index (χ1) is 9.44. The minimum absolute atomic E-state index is 0.0242. The summed E-state index contributed by atoms with van der Waals surface area (Å²) in [5.74, 6) is 0.586. The van der Waals surface area contributed by atoms with Crippen LogP contribution in [0.3, 0.4) is 0 Å². The van der Waals surface area contributed by atoms with Crippen molar-refractivity contribution in [3.63, 3.8) is 0 Å². The Hall–Kier alpha value is -1.95. The van der Waals surface area contributed by atoms with Crippen molar-refractivity contribution in [3.05, 3.63) is 54.0 Å². The summed E-state index contributed by atoms with van der Waals surface area (Å²) >= 11 is 0. The lowest BCUT2D eigenvalue weighted by atomic mass is 10.2. The predicted molar refractivity (Wildman–Crippen MR) is 67.1 cm³/mol. The minimum atomic E-state index is -4.66. The Kier molecular flexibility index (Phi) is 4.34. The van der Waals surface area contributed by atoms with Crippen LogP contribution in [0.2, 0.25) is 0 Å². The van der Waals surface area contributed by atoms with Crippen molar-refractivity contribution >= 4 is 0 Å². The van der Waals surface area contributed by atoms with Gasteiger partial charge in [0.05, 0.1) is 12.3 Å². The SMILES string of the molecule is CC(NCc1ccc(OC(F)(F)F)cc1)c1ccco1. The molecule has 108 valence electrons. The number of rotatable bonds is 5. The van der Waals surface area contributed by atoms with Gasteiger partial charge in [-0.3, -0.25) is 0 Å². The molecule has 1 N–H and O–H groups in total. The van der Waals surface area contributed by atoms with Gasteiger partial charge in [-0.1, -0.05) is 12.1 Å². The van der Waals surface area contributed by atoms with Crippen LogP contribution in [-0.2, 0) is 6.54 Å². The second-order valence-corrected chi connectivity index (χ2v) is 4.31. The molecule has 0 saturated heterocycles. The molecule has 20 heavy (non-hydrogen) atoms. The van der Waals surface area contributed by atoms with Gasteiger partial charge in [-0.05, 0) is 36.8 Å². The molecule has 0 spiro atoms. The fraction of sp³-hybridized carbons (Fsp3) is 0.286. The maximum Gasteiger partial charge on any atom is 0.573 e. The molecule has 1 unspecified atom stereocenters. The summed E-state index contributed by atoms with van der Waals surface area (Å²) in [6.07, 6.45) is -3.07. The van der Waals surface area contributed by atoms with E-state index in [9.17, 15) is 13.2 Å². The Balaban J connectivity index is 1.88. The van der Waals surface area contributed by atoms with Crippen LogP contribution >= 0.6 is 0 Å². The van der Waals surface area contributed by atoms with E-state index >= 15 is 0 Å². The molecule has 6 heteroatoms. The van der Waals surface area contributed by atoms with Crippen LogP contribution in [0.15, 0.2) is 47.1 Å². The van der Waals surface area contributed by atoms with E-state index in [1.807, 2.05) is 13.0 Å². The van der Waals surface area contributed by atoms with Gasteiger partial charge in [0, 0.05) is 6.54 Å². The molecule has 0 aliphatic rings. The van der Waals surface area contributed by atoms with E-state index in [-0.39, 0.29) is 11.8 Å². The molecule has 1 heterocycles. The zero-order chi connectivity index (χ0) is 14.6. The Morgan fingerprint density at radius 2 is 1.90 bits per heavy atom. The molecule has 3 nitrogen and oxygen atoms in total. The fourth-order valence-corrected chi connectivity index (χ4v) is 1.72. The van der Waals surface area contributed by atoms with Crippen molar-refractivity contribution in [3.8, 4) is 5.75 Å². The Morgan fingerprint density at radius 1 is 1.20 bits per heavy atom. The molecule has 0 radical (unpaired) electrons. The topological polar surface area (TPSA) is 34.4 Å². The molecule has 2 rings (SSSR count). The highest BCUT2D eigenvalue weighted by molar-refractivity contribution is 5.27. The van der Waals surface area contributed by atoms with Gasteiger partial charge < -0.3 is 14.5 Å². The van der Waals surface area contributed by atoms with E-state index < -0.39 is 6.36 Å². The number of halogens is 3. The smallest absolute Gasteiger partial charge is 0.468 e. The van der Waals surface area contributed by atoms with Crippen LogP contribution in [0.5, 0.6) is 5.75 Å². The maximum absolute atomic E-state index is 12.0. The number of benzene rings is 1. The number of nitrogens with one attached hydrogen (secondary N) is 1. The zero-order valence-electron chi connectivity index (χ0n) is 10.8. The molecule has 1 atom stereocenters. The average Bonchev–Trinajstić information content (AvgIpc) is 2.89. The van der Waals surface area contributed by atoms with Crippen LogP contribution < -0.4 is 10.1 Å². The van der Waals surface area contributed by atoms with Crippen LogP contribution in [0, 0.1) is 0 Å². The van der Waals surface area contributed by atoms with Crippen molar-refractivity contribution in [1.29, 1.82) is 0 Å². The van der Waals surface area contributed by atoms with Crippen molar-refractivity contribution in [2.75, 3.05) is 0 Å². The highest BCUT2D eigenvalue weighted by atomic mass is 19.4. The van der Waals surface area contributed by atoms with E-state index in [1.54, 1.807) is 24.5 Å². The Morgan fingerprint density at radius 3 is 2.45 bits per heavy atom. The Bertz CT molecular complexity index is 520. The van der Waals surface area contributed by atoms with E-state index in [0.29, 0.717) is 6.54 Å². The highest BCUT2D eigenvalue weighted by Gasteiger charge is 2.30. The summed E-state index contributed by atoms with van der Waals surface area (Å²) in [6.45, 7) is 2.47. The van der Waals surface area contributed by atoms with Gasteiger partial charge >= 0.3 is 6.36 Å². The van der Waals surface area contributed by atoms with Crippen LogP contribution in [0.4, 0.5) is 13.2 Å². The quantitative estimate of drug-likeness (QED) is 0.900. The van der Waals surface area contributed by atoms with Crippen LogP contribution in [0.25, 0.3) is 0 Å². The van der Waals surface area contributed by atoms with E-state index in [4.69, 9.17) is 4.42 Å². The summed E-state index contributed by atoms with van der Waals surface area (Å²) in [4.78, 5) is 0. The molecule has 0 aliphatic carbocycles. The van der Waals surface area contributed by atoms with E-state index in [0.717, 1.165) is 11.3 Å². The van der Waals surface area contributed by atoms with Crippen molar-refractivity contribution in [1.82, 2.24) is 5.32 Å². The molecule has 1 aromatic carbocycles. The number of hydrogen-bond donors (Lipinski definition) is 1. The lowest BCUT2D eigenvalue weighted by Crippen LogP contribution is -2.18. The standard InChI is InChI=1S/C14H14F3NO2/c1-10(13-3-2-8-19-13)18-9-11-4-6-12(7-5-11)20-14(15,16)17/h2-8,10,18H,9H2,1H3. The molecule has 0 fully saturated rings. The van der Waals surface area contributed by atoms with E-state index in [1.165, 1.54) is 12.1 Å². The average molecular weight is 285 g/mol. The van der Waals surface area contributed by atoms with Crippen molar-refractivity contribution in [2.45, 2.75) is 25.9 Å². The van der Waals surface area contributed by atoms with Gasteiger partial charge in [0.1, 0.15) is 11.5 Å². The molecule has 1 aromatic heterocycles. The summed E-state index contributed by atoms with van der Waals surface area (Å²) in [5.41, 5.74) is 0.859. The monoisotopic (exact) mass is 285 g/mol. The second kappa shape index (κ2) is 6.00. The first-order valence-corrected chi connectivity index (χ1v) is 6.05. The lowest BCUT2D eigenvalue weighted by Gasteiger charge is -2.12. The van der Waals surface area contributed by atoms with Gasteiger partial charge in [-0.2, -0.15) is 0 Å². The molecule has 2 aromatic rings. The normalized spacial score (nSPS) is 13.2. The molecule has 0 saturated carbocycles. The number of ether oxygens (including phenoxy) is 1. The third kappa shape index (κ3) is 4.31. The van der Waals surface area contributed by atoms with Crippen LogP contribution in [0.1, 0.15) is 24.3 Å². The lowest BCUT2D eigenvalue weighted by molar-refractivity contribution is -0.274. The summed E-state index contributed by atoms with van der Waals surface area (Å²) < 4.78 is 45.1. The predicted octanol–water partition coefficient (Wildman–Crippen LogP) is 4.03. The number of furan rings is 1. The number of alkyl halides is 3. The summed E-state index contributed by atoms with van der Waals surface area (Å²) in [7, 11) is 0. The van der Waals surface area contributed by atoms with E-state index in [2.05, 4.69) is 10.1 Å². The maximum atomic E-state index is 12.0. The summed E-state index contributed by atoms with van der Waals surface area (Å²) in [6, 6.07) is 9.45. The largest absolute Gasteiger partial charge is 0.573 e. The molecular weight excluding hydrogens is 271 g/mol. The first kappa shape index (κ1) is 14.5. The molecular formula is C14H14F3NO2. The third-order valence-corrected chi connectivity index (χ3v) is 2.74. The second-order valence-electron chi connectivity index (χ2n) is 4.31. The van der Waals surface area contributed by atoms with Crippen LogP contribution in [-0.4, -0.2) is 6.36 Å². The minimum Gasteiger partial charge on any atom is -0.468 e. The number of hydrogen-bond acceptors (Lipinski definition) is 3. The third-order valence-electron chi connectivity index (χ3n) is 2.74.